The molecular weight excluding hydrogens is 416 g/mol. The van der Waals surface area contributed by atoms with Crippen molar-refractivity contribution in [2.24, 2.45) is 0 Å². The van der Waals surface area contributed by atoms with Gasteiger partial charge in [0.25, 0.3) is 5.91 Å². The molecule has 2 aromatic carbocycles. The Balaban J connectivity index is 1.86. The molecule has 1 heterocycles. The number of halogens is 1. The fourth-order valence-corrected chi connectivity index (χ4v) is 3.75. The molecule has 2 N–H and O–H groups in total. The highest BCUT2D eigenvalue weighted by molar-refractivity contribution is 9.10. The van der Waals surface area contributed by atoms with Gasteiger partial charge in [0.2, 0.25) is 0 Å². The summed E-state index contributed by atoms with van der Waals surface area (Å²) in [6.07, 6.45) is 1.72. The molecule has 7 heteroatoms. The Morgan fingerprint density at radius 1 is 1.31 bits per heavy atom. The molecule has 0 aromatic heterocycles. The summed E-state index contributed by atoms with van der Waals surface area (Å²) >= 11 is 4.62. The summed E-state index contributed by atoms with van der Waals surface area (Å²) < 4.78 is 12.2. The number of hydrogen-bond acceptors (Lipinski definition) is 5. The van der Waals surface area contributed by atoms with Crippen LogP contribution in [0.5, 0.6) is 11.5 Å². The quantitative estimate of drug-likeness (QED) is 0.682. The molecule has 1 amide bonds. The first-order valence-corrected chi connectivity index (χ1v) is 9.43. The van der Waals surface area contributed by atoms with Gasteiger partial charge >= 0.3 is 0 Å². The van der Waals surface area contributed by atoms with Crippen LogP contribution < -0.4 is 14.8 Å². The summed E-state index contributed by atoms with van der Waals surface area (Å²) in [5.41, 5.74) is 3.05. The number of amidine groups is 1. The summed E-state index contributed by atoms with van der Waals surface area (Å²) in [4.78, 5) is 12.2. The van der Waals surface area contributed by atoms with E-state index in [9.17, 15) is 4.79 Å². The smallest absolute Gasteiger partial charge is 0.264 e. The maximum absolute atomic E-state index is 11.8. The highest BCUT2D eigenvalue weighted by Crippen LogP contribution is 2.38. The van der Waals surface area contributed by atoms with Crippen LogP contribution in [0.1, 0.15) is 16.7 Å². The number of rotatable bonds is 5. The van der Waals surface area contributed by atoms with Gasteiger partial charge < -0.3 is 14.8 Å². The molecule has 0 saturated carbocycles. The Morgan fingerprint density at radius 3 is 2.73 bits per heavy atom. The first kappa shape index (κ1) is 18.5. The van der Waals surface area contributed by atoms with Crippen molar-refractivity contribution in [1.29, 1.82) is 5.41 Å². The van der Waals surface area contributed by atoms with Gasteiger partial charge in [-0.15, -0.1) is 0 Å². The average molecular weight is 433 g/mol. The molecule has 26 heavy (non-hydrogen) atoms. The molecule has 0 atom stereocenters. The van der Waals surface area contributed by atoms with E-state index in [-0.39, 0.29) is 11.1 Å². The number of aryl methyl sites for hydroxylation is 1. The van der Waals surface area contributed by atoms with Crippen molar-refractivity contribution in [2.45, 2.75) is 13.5 Å². The van der Waals surface area contributed by atoms with Crippen LogP contribution in [-0.2, 0) is 11.4 Å². The lowest BCUT2D eigenvalue weighted by Crippen LogP contribution is -2.18. The third-order valence-electron chi connectivity index (χ3n) is 3.85. The minimum absolute atomic E-state index is 0.130. The predicted octanol–water partition coefficient (Wildman–Crippen LogP) is 4.48. The van der Waals surface area contributed by atoms with Gasteiger partial charge in [0.05, 0.1) is 16.5 Å². The number of amides is 1. The molecule has 5 nitrogen and oxygen atoms in total. The minimum Gasteiger partial charge on any atom is -0.493 e. The highest BCUT2D eigenvalue weighted by atomic mass is 79.9. The zero-order chi connectivity index (χ0) is 18.7. The van der Waals surface area contributed by atoms with Gasteiger partial charge in [-0.2, -0.15) is 0 Å². The maximum atomic E-state index is 11.8. The van der Waals surface area contributed by atoms with Gasteiger partial charge in [-0.05, 0) is 69.5 Å². The molecule has 134 valence electrons. The number of carbonyl (C=O) groups is 1. The molecule has 1 saturated heterocycles. The number of nitrogens with one attached hydrogen (secondary N) is 2. The summed E-state index contributed by atoms with van der Waals surface area (Å²) in [7, 11) is 1.58. The van der Waals surface area contributed by atoms with Gasteiger partial charge in [-0.25, -0.2) is 0 Å². The molecule has 2 aromatic rings. The van der Waals surface area contributed by atoms with E-state index in [1.54, 1.807) is 19.3 Å². The van der Waals surface area contributed by atoms with Crippen LogP contribution >= 0.6 is 27.7 Å². The molecular formula is C19H17BrN2O3S. The van der Waals surface area contributed by atoms with Crippen molar-refractivity contribution in [2.75, 3.05) is 7.11 Å². The summed E-state index contributed by atoms with van der Waals surface area (Å²) in [5.74, 6) is 0.905. The Bertz CT molecular complexity index is 912. The van der Waals surface area contributed by atoms with E-state index < -0.39 is 0 Å². The first-order chi connectivity index (χ1) is 12.5. The van der Waals surface area contributed by atoms with Gasteiger partial charge in [-0.1, -0.05) is 24.3 Å². The van der Waals surface area contributed by atoms with Crippen LogP contribution in [-0.4, -0.2) is 18.2 Å². The zero-order valence-electron chi connectivity index (χ0n) is 14.3. The van der Waals surface area contributed by atoms with E-state index in [0.717, 1.165) is 32.9 Å². The van der Waals surface area contributed by atoms with E-state index in [4.69, 9.17) is 14.9 Å². The maximum Gasteiger partial charge on any atom is 0.264 e. The topological polar surface area (TPSA) is 71.4 Å². The zero-order valence-corrected chi connectivity index (χ0v) is 16.7. The Morgan fingerprint density at radius 2 is 2.08 bits per heavy atom. The Hall–Kier alpha value is -2.25. The fraction of sp³-hybridized carbons (Fsp3) is 0.158. The van der Waals surface area contributed by atoms with E-state index in [1.165, 1.54) is 0 Å². The normalized spacial score (nSPS) is 15.3. The Kier molecular flexibility index (Phi) is 5.68. The van der Waals surface area contributed by atoms with Crippen molar-refractivity contribution in [1.82, 2.24) is 5.32 Å². The molecule has 1 aliphatic heterocycles. The fourth-order valence-electron chi connectivity index (χ4n) is 2.48. The number of ether oxygens (including phenoxy) is 2. The lowest BCUT2D eigenvalue weighted by Gasteiger charge is -2.14. The van der Waals surface area contributed by atoms with E-state index in [2.05, 4.69) is 21.2 Å². The Labute approximate surface area is 164 Å². The van der Waals surface area contributed by atoms with E-state index in [1.807, 2.05) is 37.3 Å². The van der Waals surface area contributed by atoms with Crippen LogP contribution in [0.15, 0.2) is 45.8 Å². The number of thioether (sulfide) groups is 1. The van der Waals surface area contributed by atoms with Gasteiger partial charge in [-0.3, -0.25) is 10.2 Å². The number of carbonyl (C=O) groups excluding carboxylic acids is 1. The standard InChI is InChI=1S/C19H17BrN2O3S/c1-11-5-3-4-6-13(11)10-25-17-14(20)7-12(8-15(17)24-2)9-16-18(23)22-19(21)26-16/h3-9H,10H2,1-2H3,(H2,21,22,23)/b16-9-. The third kappa shape index (κ3) is 4.11. The van der Waals surface area contributed by atoms with Gasteiger partial charge in [0, 0.05) is 0 Å². The van der Waals surface area contributed by atoms with Crippen LogP contribution in [0.25, 0.3) is 6.08 Å². The summed E-state index contributed by atoms with van der Waals surface area (Å²) in [5, 5.41) is 10.1. The van der Waals surface area contributed by atoms with E-state index >= 15 is 0 Å². The van der Waals surface area contributed by atoms with Gasteiger partial charge in [0.1, 0.15) is 6.61 Å². The molecule has 1 fully saturated rings. The number of hydrogen-bond donors (Lipinski definition) is 2. The predicted molar refractivity (Wildman–Crippen MR) is 108 cm³/mol. The number of methoxy groups -OCH3 is 1. The van der Waals surface area contributed by atoms with E-state index in [0.29, 0.717) is 23.0 Å². The molecule has 0 bridgehead atoms. The molecule has 0 spiro atoms. The lowest BCUT2D eigenvalue weighted by molar-refractivity contribution is -0.115. The highest BCUT2D eigenvalue weighted by Gasteiger charge is 2.22. The van der Waals surface area contributed by atoms with Crippen LogP contribution in [0.4, 0.5) is 0 Å². The number of benzene rings is 2. The second kappa shape index (κ2) is 7.97. The van der Waals surface area contributed by atoms with Crippen LogP contribution in [0, 0.1) is 12.3 Å². The lowest BCUT2D eigenvalue weighted by atomic mass is 10.1. The molecule has 0 radical (unpaired) electrons. The van der Waals surface area contributed by atoms with Gasteiger partial charge in [0.15, 0.2) is 16.7 Å². The average Bonchev–Trinajstić information content (AvgIpc) is 2.92. The van der Waals surface area contributed by atoms with Crippen molar-refractivity contribution in [3.63, 3.8) is 0 Å². The first-order valence-electron chi connectivity index (χ1n) is 7.82. The van der Waals surface area contributed by atoms with Crippen LogP contribution in [0.2, 0.25) is 0 Å². The summed E-state index contributed by atoms with van der Waals surface area (Å²) in [6, 6.07) is 11.7. The van der Waals surface area contributed by atoms with Crippen molar-refractivity contribution < 1.29 is 14.3 Å². The molecule has 1 aliphatic rings. The second-order valence-electron chi connectivity index (χ2n) is 5.64. The van der Waals surface area contributed by atoms with Crippen LogP contribution in [0.3, 0.4) is 0 Å². The molecule has 0 unspecified atom stereocenters. The molecule has 0 aliphatic carbocycles. The summed E-state index contributed by atoms with van der Waals surface area (Å²) in [6.45, 7) is 2.47. The SMILES string of the molecule is COc1cc(/C=C2\SC(=N)NC2=O)cc(Br)c1OCc1ccccc1C. The van der Waals surface area contributed by atoms with Crippen molar-refractivity contribution >= 4 is 44.8 Å². The second-order valence-corrected chi connectivity index (χ2v) is 7.55. The molecule has 3 rings (SSSR count). The van der Waals surface area contributed by atoms with Crippen molar-refractivity contribution in [3.05, 3.63) is 62.5 Å². The third-order valence-corrected chi connectivity index (χ3v) is 5.26. The minimum atomic E-state index is -0.269. The largest absolute Gasteiger partial charge is 0.493 e. The van der Waals surface area contributed by atoms with Crippen molar-refractivity contribution in [3.8, 4) is 11.5 Å². The monoisotopic (exact) mass is 432 g/mol.